The van der Waals surface area contributed by atoms with Crippen LogP contribution in [0.1, 0.15) is 48.2 Å². The van der Waals surface area contributed by atoms with Gasteiger partial charge in [0, 0.05) is 17.9 Å². The van der Waals surface area contributed by atoms with E-state index in [1.807, 2.05) is 26.0 Å². The van der Waals surface area contributed by atoms with Crippen molar-refractivity contribution in [1.29, 1.82) is 5.26 Å². The van der Waals surface area contributed by atoms with Crippen molar-refractivity contribution in [2.45, 2.75) is 50.8 Å². The van der Waals surface area contributed by atoms with Crippen LogP contribution in [0.25, 0.3) is 4.85 Å². The molecule has 5 heteroatoms. The lowest BCUT2D eigenvalue weighted by atomic mass is 10.1. The Hall–Kier alpha value is -2.63. The van der Waals surface area contributed by atoms with Crippen LogP contribution in [0, 0.1) is 24.8 Å². The summed E-state index contributed by atoms with van der Waals surface area (Å²) in [5.41, 5.74) is 4.78. The van der Waals surface area contributed by atoms with Crippen molar-refractivity contribution in [3.8, 4) is 6.07 Å². The number of nitrogens with zero attached hydrogens (tertiary/aromatic N) is 3. The van der Waals surface area contributed by atoms with E-state index < -0.39 is 0 Å². The first-order valence-corrected chi connectivity index (χ1v) is 9.49. The molecule has 0 bridgehead atoms. The molecule has 0 unspecified atom stereocenters. The van der Waals surface area contributed by atoms with Gasteiger partial charge in [-0.05, 0) is 43.4 Å². The van der Waals surface area contributed by atoms with Crippen LogP contribution in [-0.4, -0.2) is 10.8 Å². The van der Waals surface area contributed by atoms with Gasteiger partial charge in [0.2, 0.25) is 5.69 Å². The van der Waals surface area contributed by atoms with Gasteiger partial charge in [0.1, 0.15) is 16.9 Å². The zero-order valence-electron chi connectivity index (χ0n) is 15.3. The Bertz CT molecular complexity index is 889. The molecular formula is C21H21N3OS. The molecule has 0 saturated heterocycles. The van der Waals surface area contributed by atoms with E-state index in [0.717, 1.165) is 23.1 Å². The fourth-order valence-electron chi connectivity index (χ4n) is 2.71. The Morgan fingerprint density at radius 2 is 1.96 bits per heavy atom. The first kappa shape index (κ1) is 19.7. The van der Waals surface area contributed by atoms with Gasteiger partial charge in [0.25, 0.3) is 0 Å². The molecule has 1 aromatic heterocycles. The highest BCUT2D eigenvalue weighted by Gasteiger charge is 2.17. The summed E-state index contributed by atoms with van der Waals surface area (Å²) < 4.78 is 0. The first-order chi connectivity index (χ1) is 12.5. The molecule has 0 aliphatic rings. The van der Waals surface area contributed by atoms with Gasteiger partial charge in [-0.1, -0.05) is 31.2 Å². The molecule has 2 aromatic rings. The second-order valence-corrected chi connectivity index (χ2v) is 7.05. The second-order valence-electron chi connectivity index (χ2n) is 6.09. The third-order valence-corrected chi connectivity index (χ3v) is 5.20. The molecule has 0 atom stereocenters. The van der Waals surface area contributed by atoms with Gasteiger partial charge in [-0.15, -0.1) is 11.8 Å². The Balaban J connectivity index is 2.17. The SMILES string of the molecule is [C-]#[N+]c1c(C)nc(SCc2ccc(CCC(C)=O)cc2)c(C#N)c1CC. The number of hydrogen-bond acceptors (Lipinski definition) is 4. The largest absolute Gasteiger partial charge is 0.300 e. The van der Waals surface area contributed by atoms with Crippen LogP contribution in [0.15, 0.2) is 29.3 Å². The van der Waals surface area contributed by atoms with Gasteiger partial charge in [-0.25, -0.2) is 4.85 Å². The number of Topliss-reactive ketones (excluding diaryl/α,β-unsaturated/α-hetero) is 1. The number of ketones is 1. The van der Waals surface area contributed by atoms with E-state index in [4.69, 9.17) is 6.57 Å². The Morgan fingerprint density at radius 1 is 1.31 bits per heavy atom. The van der Waals surface area contributed by atoms with Crippen molar-refractivity contribution in [3.05, 3.63) is 63.6 Å². The molecule has 0 amide bonds. The van der Waals surface area contributed by atoms with E-state index in [0.29, 0.717) is 40.6 Å². The zero-order valence-corrected chi connectivity index (χ0v) is 16.1. The number of thioether (sulfide) groups is 1. The van der Waals surface area contributed by atoms with Crippen LogP contribution in [0.2, 0.25) is 0 Å². The summed E-state index contributed by atoms with van der Waals surface area (Å²) in [5, 5.41) is 10.2. The third-order valence-electron chi connectivity index (χ3n) is 4.15. The predicted octanol–water partition coefficient (Wildman–Crippen LogP) is 5.19. The molecule has 0 spiro atoms. The number of nitriles is 1. The topological polar surface area (TPSA) is 58.1 Å². The van der Waals surface area contributed by atoms with E-state index in [-0.39, 0.29) is 5.78 Å². The molecule has 2 rings (SSSR count). The summed E-state index contributed by atoms with van der Waals surface area (Å²) in [4.78, 5) is 19.1. The Labute approximate surface area is 159 Å². The number of benzene rings is 1. The number of aryl methyl sites for hydroxylation is 2. The minimum Gasteiger partial charge on any atom is -0.300 e. The molecule has 0 aliphatic heterocycles. The fourth-order valence-corrected chi connectivity index (χ4v) is 3.72. The van der Waals surface area contributed by atoms with E-state index >= 15 is 0 Å². The Morgan fingerprint density at radius 3 is 2.50 bits per heavy atom. The van der Waals surface area contributed by atoms with Crippen molar-refractivity contribution >= 4 is 23.2 Å². The molecule has 4 nitrogen and oxygen atoms in total. The van der Waals surface area contributed by atoms with Crippen LogP contribution < -0.4 is 0 Å². The standard InChI is InChI=1S/C21H21N3OS/c1-5-18-19(12-22)21(24-15(3)20(18)23-4)26-13-17-10-8-16(9-11-17)7-6-14(2)25/h8-11H,5-7,13H2,1-3H3. The number of pyridine rings is 1. The molecule has 0 saturated carbocycles. The average Bonchev–Trinajstić information content (AvgIpc) is 2.64. The molecule has 1 heterocycles. The van der Waals surface area contributed by atoms with E-state index in [9.17, 15) is 10.1 Å². The first-order valence-electron chi connectivity index (χ1n) is 8.51. The van der Waals surface area contributed by atoms with Gasteiger partial charge in [-0.2, -0.15) is 5.26 Å². The smallest absolute Gasteiger partial charge is 0.212 e. The summed E-state index contributed by atoms with van der Waals surface area (Å²) >= 11 is 1.52. The molecule has 0 N–H and O–H groups in total. The summed E-state index contributed by atoms with van der Waals surface area (Å²) in [6.45, 7) is 12.7. The highest BCUT2D eigenvalue weighted by Crippen LogP contribution is 2.34. The lowest BCUT2D eigenvalue weighted by molar-refractivity contribution is -0.116. The van der Waals surface area contributed by atoms with Gasteiger partial charge in [0.05, 0.1) is 12.1 Å². The summed E-state index contributed by atoms with van der Waals surface area (Å²) in [6.07, 6.45) is 1.97. The summed E-state index contributed by atoms with van der Waals surface area (Å²) in [5.74, 6) is 0.902. The van der Waals surface area contributed by atoms with Crippen molar-refractivity contribution in [2.75, 3.05) is 0 Å². The minimum atomic E-state index is 0.199. The number of carbonyl (C=O) groups is 1. The molecule has 26 heavy (non-hydrogen) atoms. The maximum Gasteiger partial charge on any atom is 0.212 e. The van der Waals surface area contributed by atoms with Crippen LogP contribution in [0.5, 0.6) is 0 Å². The van der Waals surface area contributed by atoms with Crippen LogP contribution in [-0.2, 0) is 23.4 Å². The van der Waals surface area contributed by atoms with Crippen molar-refractivity contribution < 1.29 is 4.79 Å². The van der Waals surface area contributed by atoms with Gasteiger partial charge in [0.15, 0.2) is 0 Å². The molecule has 0 fully saturated rings. The van der Waals surface area contributed by atoms with Crippen molar-refractivity contribution in [2.24, 2.45) is 0 Å². The third kappa shape index (κ3) is 4.71. The van der Waals surface area contributed by atoms with E-state index in [2.05, 4.69) is 28.0 Å². The highest BCUT2D eigenvalue weighted by molar-refractivity contribution is 7.98. The number of rotatable bonds is 7. The molecule has 1 aromatic carbocycles. The normalized spacial score (nSPS) is 10.2. The second kappa shape index (κ2) is 9.17. The van der Waals surface area contributed by atoms with Gasteiger partial charge in [-0.3, -0.25) is 4.98 Å². The fraction of sp³-hybridized carbons (Fsp3) is 0.333. The lowest BCUT2D eigenvalue weighted by Gasteiger charge is -2.12. The number of hydrogen-bond donors (Lipinski definition) is 0. The average molecular weight is 363 g/mol. The predicted molar refractivity (Wildman–Crippen MR) is 104 cm³/mol. The van der Waals surface area contributed by atoms with Crippen LogP contribution in [0.3, 0.4) is 0 Å². The monoisotopic (exact) mass is 363 g/mol. The Kier molecular flexibility index (Phi) is 6.95. The van der Waals surface area contributed by atoms with E-state index in [1.165, 1.54) is 11.8 Å². The summed E-state index contributed by atoms with van der Waals surface area (Å²) in [6, 6.07) is 10.4. The molecule has 0 radical (unpaired) electrons. The van der Waals surface area contributed by atoms with Crippen LogP contribution in [0.4, 0.5) is 5.69 Å². The molecule has 0 aliphatic carbocycles. The maximum atomic E-state index is 11.1. The molecule has 132 valence electrons. The highest BCUT2D eigenvalue weighted by atomic mass is 32.2. The quantitative estimate of drug-likeness (QED) is 0.502. The van der Waals surface area contributed by atoms with Crippen LogP contribution >= 0.6 is 11.8 Å². The van der Waals surface area contributed by atoms with Crippen molar-refractivity contribution in [1.82, 2.24) is 4.98 Å². The maximum absolute atomic E-state index is 11.1. The van der Waals surface area contributed by atoms with Gasteiger partial charge >= 0.3 is 0 Å². The minimum absolute atomic E-state index is 0.199. The van der Waals surface area contributed by atoms with E-state index in [1.54, 1.807) is 6.92 Å². The number of carbonyl (C=O) groups excluding carboxylic acids is 1. The summed E-state index contributed by atoms with van der Waals surface area (Å²) in [7, 11) is 0. The lowest BCUT2D eigenvalue weighted by Crippen LogP contribution is -1.99. The van der Waals surface area contributed by atoms with Gasteiger partial charge < -0.3 is 4.79 Å². The van der Waals surface area contributed by atoms with Crippen molar-refractivity contribution in [3.63, 3.8) is 0 Å². The molecular weight excluding hydrogens is 342 g/mol. The zero-order chi connectivity index (χ0) is 19.1. The number of aromatic nitrogens is 1.